The molecule has 0 bridgehead atoms. The second-order valence-electron chi connectivity index (χ2n) is 3.58. The number of benzene rings is 1. The quantitative estimate of drug-likeness (QED) is 0.766. The van der Waals surface area contributed by atoms with Crippen molar-refractivity contribution in [3.63, 3.8) is 0 Å². The minimum absolute atomic E-state index is 0.450. The maximum atomic E-state index is 5.80. The summed E-state index contributed by atoms with van der Waals surface area (Å²) >= 11 is 0. The van der Waals surface area contributed by atoms with Crippen LogP contribution in [0.2, 0.25) is 0 Å². The maximum Gasteiger partial charge on any atom is 0.127 e. The van der Waals surface area contributed by atoms with E-state index in [2.05, 4.69) is 13.0 Å². The maximum absolute atomic E-state index is 5.80. The number of rotatable bonds is 3. The number of aryl methyl sites for hydroxylation is 1. The van der Waals surface area contributed by atoms with Crippen LogP contribution in [0.25, 0.3) is 0 Å². The summed E-state index contributed by atoms with van der Waals surface area (Å²) in [6.07, 6.45) is 2.84. The lowest BCUT2D eigenvalue weighted by Crippen LogP contribution is -2.05. The lowest BCUT2D eigenvalue weighted by Gasteiger charge is -2.11. The number of hydrogen-bond donors (Lipinski definition) is 1. The van der Waals surface area contributed by atoms with Gasteiger partial charge < -0.3 is 10.5 Å². The zero-order valence-corrected chi connectivity index (χ0v) is 7.92. The van der Waals surface area contributed by atoms with E-state index in [4.69, 9.17) is 10.5 Å². The monoisotopic (exact) mass is 177 g/mol. The molecule has 0 aliphatic heterocycles. The van der Waals surface area contributed by atoms with Gasteiger partial charge in [-0.25, -0.2) is 0 Å². The Labute approximate surface area is 78.7 Å². The predicted molar refractivity (Wildman–Crippen MR) is 52.7 cm³/mol. The fourth-order valence-corrected chi connectivity index (χ4v) is 1.40. The van der Waals surface area contributed by atoms with Crippen molar-refractivity contribution in [3.05, 3.63) is 29.3 Å². The zero-order valence-electron chi connectivity index (χ0n) is 7.92. The highest BCUT2D eigenvalue weighted by Crippen LogP contribution is 2.31. The number of hydrogen-bond acceptors (Lipinski definition) is 2. The van der Waals surface area contributed by atoms with Gasteiger partial charge in [-0.2, -0.15) is 0 Å². The Bertz CT molecular complexity index is 305. The first kappa shape index (κ1) is 8.57. The van der Waals surface area contributed by atoms with Crippen LogP contribution in [0.1, 0.15) is 24.0 Å². The Morgan fingerprint density at radius 2 is 2.23 bits per heavy atom. The molecule has 0 amide bonds. The lowest BCUT2D eigenvalue weighted by molar-refractivity contribution is 0.298. The van der Waals surface area contributed by atoms with Gasteiger partial charge in [0.2, 0.25) is 0 Å². The number of nitrogens with two attached hydrogens (primary N) is 1. The topological polar surface area (TPSA) is 35.2 Å². The third-order valence-corrected chi connectivity index (χ3v) is 2.32. The standard InChI is InChI=1S/C11H15NO/c1-8-3-2-4-9(7-12)11(8)13-10-5-6-10/h2-4,10H,5-7,12H2,1H3. The molecule has 0 heterocycles. The second kappa shape index (κ2) is 3.38. The Hall–Kier alpha value is -1.02. The Balaban J connectivity index is 2.27. The van der Waals surface area contributed by atoms with Crippen molar-refractivity contribution in [2.24, 2.45) is 5.73 Å². The molecular weight excluding hydrogens is 162 g/mol. The molecule has 13 heavy (non-hydrogen) atoms. The molecule has 0 unspecified atom stereocenters. The van der Waals surface area contributed by atoms with Crippen molar-refractivity contribution < 1.29 is 4.74 Å². The molecule has 1 aromatic rings. The fourth-order valence-electron chi connectivity index (χ4n) is 1.40. The van der Waals surface area contributed by atoms with Gasteiger partial charge in [0.05, 0.1) is 6.10 Å². The highest BCUT2D eigenvalue weighted by atomic mass is 16.5. The molecule has 1 aromatic carbocycles. The van der Waals surface area contributed by atoms with Gasteiger partial charge in [0.25, 0.3) is 0 Å². The average molecular weight is 177 g/mol. The van der Waals surface area contributed by atoms with Gasteiger partial charge in [-0.05, 0) is 25.3 Å². The van der Waals surface area contributed by atoms with Crippen molar-refractivity contribution in [2.75, 3.05) is 0 Å². The first-order chi connectivity index (χ1) is 6.31. The summed E-state index contributed by atoms with van der Waals surface area (Å²) in [5.74, 6) is 1.01. The molecule has 2 rings (SSSR count). The Morgan fingerprint density at radius 1 is 1.46 bits per heavy atom. The van der Waals surface area contributed by atoms with Gasteiger partial charge in [-0.1, -0.05) is 18.2 Å². The van der Waals surface area contributed by atoms with E-state index in [1.165, 1.54) is 18.4 Å². The van der Waals surface area contributed by atoms with E-state index < -0.39 is 0 Å². The van der Waals surface area contributed by atoms with Crippen LogP contribution in [0.3, 0.4) is 0 Å². The highest BCUT2D eigenvalue weighted by molar-refractivity contribution is 5.41. The first-order valence-electron chi connectivity index (χ1n) is 4.76. The molecular formula is C11H15NO. The Kier molecular flexibility index (Phi) is 2.23. The second-order valence-corrected chi connectivity index (χ2v) is 3.58. The van der Waals surface area contributed by atoms with Crippen LogP contribution in [0.4, 0.5) is 0 Å². The van der Waals surface area contributed by atoms with Crippen LogP contribution >= 0.6 is 0 Å². The van der Waals surface area contributed by atoms with E-state index in [-0.39, 0.29) is 0 Å². The number of para-hydroxylation sites is 1. The molecule has 2 N–H and O–H groups in total. The van der Waals surface area contributed by atoms with Crippen molar-refractivity contribution in [1.29, 1.82) is 0 Å². The van der Waals surface area contributed by atoms with E-state index in [0.29, 0.717) is 12.6 Å². The third kappa shape index (κ3) is 1.83. The molecule has 1 saturated carbocycles. The van der Waals surface area contributed by atoms with E-state index in [9.17, 15) is 0 Å². The van der Waals surface area contributed by atoms with Crippen molar-refractivity contribution >= 4 is 0 Å². The van der Waals surface area contributed by atoms with Gasteiger partial charge in [-0.3, -0.25) is 0 Å². The molecule has 0 saturated heterocycles. The predicted octanol–water partition coefficient (Wildman–Crippen LogP) is 1.99. The van der Waals surface area contributed by atoms with Crippen LogP contribution in [0.5, 0.6) is 5.75 Å². The largest absolute Gasteiger partial charge is 0.490 e. The van der Waals surface area contributed by atoms with Crippen LogP contribution in [-0.2, 0) is 6.54 Å². The van der Waals surface area contributed by atoms with Crippen molar-refractivity contribution in [2.45, 2.75) is 32.4 Å². The van der Waals surface area contributed by atoms with Crippen molar-refractivity contribution in [3.8, 4) is 5.75 Å². The van der Waals surface area contributed by atoms with Crippen LogP contribution in [-0.4, -0.2) is 6.10 Å². The normalized spacial score (nSPS) is 15.8. The van der Waals surface area contributed by atoms with E-state index in [1.54, 1.807) is 0 Å². The Morgan fingerprint density at radius 3 is 2.85 bits per heavy atom. The molecule has 0 aromatic heterocycles. The van der Waals surface area contributed by atoms with Gasteiger partial charge in [0.15, 0.2) is 0 Å². The summed E-state index contributed by atoms with van der Waals surface area (Å²) in [5.41, 5.74) is 7.94. The molecule has 2 heteroatoms. The molecule has 1 fully saturated rings. The van der Waals surface area contributed by atoms with Crippen LogP contribution < -0.4 is 10.5 Å². The van der Waals surface area contributed by atoms with Gasteiger partial charge in [-0.15, -0.1) is 0 Å². The summed E-state index contributed by atoms with van der Waals surface area (Å²) in [7, 11) is 0. The zero-order chi connectivity index (χ0) is 9.26. The highest BCUT2D eigenvalue weighted by Gasteiger charge is 2.24. The molecule has 2 nitrogen and oxygen atoms in total. The lowest BCUT2D eigenvalue weighted by atomic mass is 10.1. The molecule has 70 valence electrons. The molecule has 1 aliphatic carbocycles. The molecule has 0 radical (unpaired) electrons. The third-order valence-electron chi connectivity index (χ3n) is 2.32. The summed E-state index contributed by atoms with van der Waals surface area (Å²) in [6.45, 7) is 2.63. The number of ether oxygens (including phenoxy) is 1. The van der Waals surface area contributed by atoms with Gasteiger partial charge in [0.1, 0.15) is 5.75 Å². The van der Waals surface area contributed by atoms with Gasteiger partial charge in [0, 0.05) is 12.1 Å². The minimum Gasteiger partial charge on any atom is -0.490 e. The smallest absolute Gasteiger partial charge is 0.127 e. The summed E-state index contributed by atoms with van der Waals surface area (Å²) in [5, 5.41) is 0. The summed E-state index contributed by atoms with van der Waals surface area (Å²) in [6, 6.07) is 6.12. The van der Waals surface area contributed by atoms with E-state index in [0.717, 1.165) is 11.3 Å². The minimum atomic E-state index is 0.450. The molecule has 0 spiro atoms. The summed E-state index contributed by atoms with van der Waals surface area (Å²) < 4.78 is 5.80. The summed E-state index contributed by atoms with van der Waals surface area (Å²) in [4.78, 5) is 0. The first-order valence-corrected chi connectivity index (χ1v) is 4.76. The van der Waals surface area contributed by atoms with Crippen LogP contribution in [0, 0.1) is 6.92 Å². The molecule has 0 atom stereocenters. The van der Waals surface area contributed by atoms with Crippen LogP contribution in [0.15, 0.2) is 18.2 Å². The SMILES string of the molecule is Cc1cccc(CN)c1OC1CC1. The fraction of sp³-hybridized carbons (Fsp3) is 0.455. The van der Waals surface area contributed by atoms with E-state index >= 15 is 0 Å². The van der Waals surface area contributed by atoms with Gasteiger partial charge >= 0.3 is 0 Å². The molecule has 1 aliphatic rings. The van der Waals surface area contributed by atoms with E-state index in [1.807, 2.05) is 12.1 Å². The average Bonchev–Trinajstić information content (AvgIpc) is 2.92. The van der Waals surface area contributed by atoms with Crippen molar-refractivity contribution in [1.82, 2.24) is 0 Å².